The smallest absolute Gasteiger partial charge is 0.414 e. The van der Waals surface area contributed by atoms with Crippen molar-refractivity contribution in [3.05, 3.63) is 116 Å². The molecule has 51 heavy (non-hydrogen) atoms. The number of rotatable bonds is 11. The number of methoxy groups -OCH3 is 2. The molecule has 2 bridgehead atoms. The van der Waals surface area contributed by atoms with E-state index in [0.717, 1.165) is 30.7 Å². The Bertz CT molecular complexity index is 1970. The molecule has 3 fully saturated rings. The molecule has 0 aliphatic carbocycles. The number of aromatic carboxylic acids is 1. The molecule has 0 spiro atoms. The summed E-state index contributed by atoms with van der Waals surface area (Å²) in [4.78, 5) is 30.4. The van der Waals surface area contributed by atoms with Crippen molar-refractivity contribution in [2.75, 3.05) is 38.8 Å². The van der Waals surface area contributed by atoms with Crippen LogP contribution >= 0.6 is 23.2 Å². The van der Waals surface area contributed by atoms with Crippen molar-refractivity contribution in [3.8, 4) is 17.6 Å². The van der Waals surface area contributed by atoms with E-state index in [9.17, 15) is 25.2 Å². The summed E-state index contributed by atoms with van der Waals surface area (Å²) in [7, 11) is 3.01. The largest absolute Gasteiger partial charge is 0.545 e. The van der Waals surface area contributed by atoms with Crippen molar-refractivity contribution in [2.24, 2.45) is 5.92 Å². The molecule has 13 heteroatoms. The molecule has 264 valence electrons. The van der Waals surface area contributed by atoms with Gasteiger partial charge in [0.25, 0.3) is 0 Å². The first-order chi connectivity index (χ1) is 24.6. The number of piperidine rings is 3. The Labute approximate surface area is 305 Å². The number of nitrogens with zero attached hydrogens (tertiary/aromatic N) is 4. The molecule has 7 rings (SSSR count). The molecule has 11 nitrogen and oxygen atoms in total. The van der Waals surface area contributed by atoms with E-state index in [1.165, 1.54) is 37.6 Å². The van der Waals surface area contributed by atoms with Gasteiger partial charge in [-0.1, -0.05) is 53.5 Å². The van der Waals surface area contributed by atoms with Crippen LogP contribution in [0.3, 0.4) is 0 Å². The molecular formula is C38H36Cl2N4O7. The zero-order valence-electron chi connectivity index (χ0n) is 28.1. The predicted octanol–water partition coefficient (Wildman–Crippen LogP) is 5.38. The highest BCUT2D eigenvalue weighted by Crippen LogP contribution is 2.39. The first-order valence-corrected chi connectivity index (χ1v) is 17.2. The summed E-state index contributed by atoms with van der Waals surface area (Å²) >= 11 is 13.1. The molecule has 0 radical (unpaired) electrons. The van der Waals surface area contributed by atoms with Crippen LogP contribution in [0.1, 0.15) is 56.9 Å². The van der Waals surface area contributed by atoms with Gasteiger partial charge in [-0.25, -0.2) is 4.79 Å². The van der Waals surface area contributed by atoms with Crippen LogP contribution in [0.2, 0.25) is 10.0 Å². The third-order valence-corrected chi connectivity index (χ3v) is 10.3. The van der Waals surface area contributed by atoms with Crippen LogP contribution in [-0.2, 0) is 17.7 Å². The highest BCUT2D eigenvalue weighted by Gasteiger charge is 2.37. The number of ether oxygens (including phenoxy) is 3. The lowest BCUT2D eigenvalue weighted by Crippen LogP contribution is -2.53. The number of hydrogen-bond donors (Lipinski definition) is 1. The van der Waals surface area contributed by atoms with Crippen molar-refractivity contribution in [3.63, 3.8) is 0 Å². The number of amides is 1. The minimum Gasteiger partial charge on any atom is -0.545 e. The molecule has 3 aromatic carbocycles. The number of halogens is 2. The molecule has 0 unspecified atom stereocenters. The summed E-state index contributed by atoms with van der Waals surface area (Å²) in [5.74, 6) is -0.914. The van der Waals surface area contributed by atoms with Gasteiger partial charge in [-0.3, -0.25) is 15.0 Å². The number of pyridine rings is 1. The Kier molecular flexibility index (Phi) is 10.9. The summed E-state index contributed by atoms with van der Waals surface area (Å²) in [6.07, 6.45) is 3.79. The quantitative estimate of drug-likeness (QED) is 0.159. The number of hydrogen-bond acceptors (Lipinski definition) is 9. The minimum atomic E-state index is -1.40. The van der Waals surface area contributed by atoms with Crippen LogP contribution in [0.25, 0.3) is 0 Å². The van der Waals surface area contributed by atoms with Gasteiger partial charge >= 0.3 is 6.09 Å². The topological polar surface area (TPSA) is 139 Å². The zero-order valence-corrected chi connectivity index (χ0v) is 29.6. The summed E-state index contributed by atoms with van der Waals surface area (Å²) in [6.45, 7) is 2.65. The van der Waals surface area contributed by atoms with Gasteiger partial charge < -0.3 is 24.1 Å². The molecule has 3 saturated heterocycles. The maximum atomic E-state index is 14.0. The number of carbonyl (C=O) groups is 2. The Hall–Kier alpha value is -5.02. The number of aromatic nitrogens is 1. The highest BCUT2D eigenvalue weighted by atomic mass is 35.5. The van der Waals surface area contributed by atoms with Gasteiger partial charge in [0.15, 0.2) is 11.5 Å². The lowest BCUT2D eigenvalue weighted by Gasteiger charge is -2.44. The number of nitriles is 1. The fourth-order valence-corrected chi connectivity index (χ4v) is 7.63. The fraction of sp³-hybridized carbons (Fsp3) is 0.316. The van der Waals surface area contributed by atoms with Crippen LogP contribution < -0.4 is 24.2 Å². The summed E-state index contributed by atoms with van der Waals surface area (Å²) in [5.41, 5.74) is 2.83. The summed E-state index contributed by atoms with van der Waals surface area (Å²) < 4.78 is 17.9. The average molecular weight is 732 g/mol. The number of carboxylic acids is 1. The number of anilines is 1. The van der Waals surface area contributed by atoms with Gasteiger partial charge in [-0.2, -0.15) is 5.26 Å². The van der Waals surface area contributed by atoms with Crippen LogP contribution in [-0.4, -0.2) is 62.1 Å². The SMILES string of the molecule is COc1ccc([C@H](Cc2c(Cl)c[n+](O)cc2Cl)c2cc(CN(C(=O)O[C@H]3CN4CCC3CC4)c3cccc(C#N)c3)ccc2C(=O)[O-])cc1OC. The second-order valence-corrected chi connectivity index (χ2v) is 13.5. The molecule has 4 heterocycles. The van der Waals surface area contributed by atoms with Gasteiger partial charge in [-0.05, 0) is 85.3 Å². The highest BCUT2D eigenvalue weighted by molar-refractivity contribution is 6.35. The van der Waals surface area contributed by atoms with E-state index in [2.05, 4.69) is 11.0 Å². The fourth-order valence-electron chi connectivity index (χ4n) is 7.02. The van der Waals surface area contributed by atoms with E-state index in [1.807, 2.05) is 0 Å². The van der Waals surface area contributed by atoms with Gasteiger partial charge in [0.05, 0.1) is 38.4 Å². The molecule has 0 saturated carbocycles. The Morgan fingerprint density at radius 2 is 1.76 bits per heavy atom. The number of benzene rings is 3. The van der Waals surface area contributed by atoms with Gasteiger partial charge in [0.1, 0.15) is 16.1 Å². The molecule has 1 aromatic heterocycles. The minimum absolute atomic E-state index is 0.00512. The van der Waals surface area contributed by atoms with Crippen molar-refractivity contribution in [1.82, 2.24) is 4.90 Å². The first-order valence-electron chi connectivity index (χ1n) is 16.4. The molecular weight excluding hydrogens is 695 g/mol. The van der Waals surface area contributed by atoms with Gasteiger partial charge in [0.2, 0.25) is 12.4 Å². The van der Waals surface area contributed by atoms with E-state index < -0.39 is 18.0 Å². The molecule has 1 amide bonds. The van der Waals surface area contributed by atoms with Crippen molar-refractivity contribution in [1.29, 1.82) is 5.26 Å². The monoisotopic (exact) mass is 730 g/mol. The van der Waals surface area contributed by atoms with E-state index >= 15 is 0 Å². The lowest BCUT2D eigenvalue weighted by molar-refractivity contribution is -0.904. The van der Waals surface area contributed by atoms with E-state index in [0.29, 0.717) is 51.5 Å². The Balaban J connectivity index is 1.44. The van der Waals surface area contributed by atoms with Crippen LogP contribution in [0, 0.1) is 17.2 Å². The molecule has 2 atom stereocenters. The lowest BCUT2D eigenvalue weighted by atomic mass is 9.82. The molecule has 3 aliphatic heterocycles. The molecule has 3 aliphatic rings. The van der Waals surface area contributed by atoms with Crippen molar-refractivity contribution in [2.45, 2.75) is 37.8 Å². The Morgan fingerprint density at radius 1 is 1.04 bits per heavy atom. The van der Waals surface area contributed by atoms with Crippen LogP contribution in [0.4, 0.5) is 10.5 Å². The van der Waals surface area contributed by atoms with Crippen LogP contribution in [0.5, 0.6) is 11.5 Å². The Morgan fingerprint density at radius 3 is 2.39 bits per heavy atom. The molecule has 4 aromatic rings. The first kappa shape index (κ1) is 35.8. The van der Waals surface area contributed by atoms with Gasteiger partial charge in [0, 0.05) is 34.0 Å². The second-order valence-electron chi connectivity index (χ2n) is 12.7. The second kappa shape index (κ2) is 15.5. The standard InChI is InChI=1S/C38H36Cl2N4O7/c1-49-34-9-7-26(16-35(34)50-2)29(17-31-32(39)20-43(48)21-33(31)40)30-15-24(6-8-28(30)37(45)46)19-44(27-5-3-4-23(14-27)18-41)38(47)51-36-22-42-12-10-25(36)11-13-42/h3-9,14-16,20-21,25,29,36H,10-13,17,19,22H2,1-2H3,(H-,45,46,48)/t29-,36-/m0/s1. The van der Waals surface area contributed by atoms with Gasteiger partial charge in [-0.15, -0.1) is 0 Å². The zero-order chi connectivity index (χ0) is 36.2. The van der Waals surface area contributed by atoms with E-state index in [-0.39, 0.29) is 40.6 Å². The summed E-state index contributed by atoms with van der Waals surface area (Å²) in [6, 6.07) is 18.9. The third-order valence-electron chi connectivity index (χ3n) is 9.69. The average Bonchev–Trinajstić information content (AvgIpc) is 3.13. The molecule has 1 N–H and O–H groups in total. The van der Waals surface area contributed by atoms with Crippen molar-refractivity contribution >= 4 is 41.0 Å². The summed E-state index contributed by atoms with van der Waals surface area (Å²) in [5, 5.41) is 32.7. The number of carbonyl (C=O) groups excluding carboxylic acids is 2. The maximum absolute atomic E-state index is 14.0. The predicted molar refractivity (Wildman–Crippen MR) is 186 cm³/mol. The normalized spacial score (nSPS) is 18.4. The number of fused-ring (bicyclic) bond motifs is 3. The number of carboxylic acid groups (broad SMARTS) is 1. The van der Waals surface area contributed by atoms with Crippen molar-refractivity contribution < 1.29 is 38.8 Å². The van der Waals surface area contributed by atoms with E-state index in [1.54, 1.807) is 54.6 Å². The third kappa shape index (κ3) is 7.84. The van der Waals surface area contributed by atoms with E-state index in [4.69, 9.17) is 37.4 Å². The maximum Gasteiger partial charge on any atom is 0.414 e. The van der Waals surface area contributed by atoms with Crippen LogP contribution in [0.15, 0.2) is 73.1 Å².